The van der Waals surface area contributed by atoms with Gasteiger partial charge >= 0.3 is 0 Å². The van der Waals surface area contributed by atoms with Crippen molar-refractivity contribution in [1.82, 2.24) is 10.2 Å². The average molecular weight is 305 g/mol. The highest BCUT2D eigenvalue weighted by Gasteiger charge is 2.21. The second-order valence-electron chi connectivity index (χ2n) is 5.67. The molecule has 0 unspecified atom stereocenters. The second-order valence-corrected chi connectivity index (χ2v) is 7.97. The molecule has 0 bridgehead atoms. The molecule has 112 valence electrons. The van der Waals surface area contributed by atoms with Gasteiger partial charge in [0, 0.05) is 42.1 Å². The van der Waals surface area contributed by atoms with Crippen LogP contribution in [0.15, 0.2) is 0 Å². The van der Waals surface area contributed by atoms with Crippen LogP contribution in [0.4, 0.5) is 0 Å². The highest BCUT2D eigenvalue weighted by atomic mass is 32.2. The molecule has 5 heteroatoms. The third kappa shape index (κ3) is 6.25. The molecule has 2 atom stereocenters. The molecule has 2 aliphatic heterocycles. The van der Waals surface area contributed by atoms with E-state index < -0.39 is 0 Å². The predicted octanol–water partition coefficient (Wildman–Crippen LogP) is 1.92. The van der Waals surface area contributed by atoms with Crippen LogP contribution in [0.25, 0.3) is 0 Å². The van der Waals surface area contributed by atoms with Crippen LogP contribution in [0.5, 0.6) is 0 Å². The Morgan fingerprint density at radius 2 is 1.74 bits per heavy atom. The van der Waals surface area contributed by atoms with E-state index in [0.29, 0.717) is 12.2 Å². The lowest BCUT2D eigenvalue weighted by molar-refractivity contribution is -0.0680. The zero-order valence-electron chi connectivity index (χ0n) is 12.3. The van der Waals surface area contributed by atoms with Crippen LogP contribution in [0, 0.1) is 0 Å². The summed E-state index contributed by atoms with van der Waals surface area (Å²) in [6, 6.07) is 0.722. The highest BCUT2D eigenvalue weighted by Crippen LogP contribution is 2.16. The maximum atomic E-state index is 5.77. The van der Waals surface area contributed by atoms with Crippen molar-refractivity contribution in [2.45, 2.75) is 38.5 Å². The van der Waals surface area contributed by atoms with Gasteiger partial charge in [-0.05, 0) is 33.4 Å². The van der Waals surface area contributed by atoms with Gasteiger partial charge in [0.1, 0.15) is 0 Å². The van der Waals surface area contributed by atoms with Crippen LogP contribution in [0.3, 0.4) is 0 Å². The topological polar surface area (TPSA) is 24.5 Å². The second kappa shape index (κ2) is 8.78. The molecule has 3 nitrogen and oxygen atoms in total. The number of hydrogen-bond acceptors (Lipinski definition) is 5. The van der Waals surface area contributed by atoms with Crippen LogP contribution >= 0.6 is 23.5 Å². The fourth-order valence-corrected chi connectivity index (χ4v) is 5.28. The molecule has 2 rings (SSSR count). The van der Waals surface area contributed by atoms with Gasteiger partial charge in [0.05, 0.1) is 12.2 Å². The summed E-state index contributed by atoms with van der Waals surface area (Å²) in [5.74, 6) is 5.23. The number of thioether (sulfide) groups is 2. The van der Waals surface area contributed by atoms with Gasteiger partial charge in [-0.2, -0.15) is 23.5 Å². The monoisotopic (exact) mass is 304 g/mol. The van der Waals surface area contributed by atoms with E-state index in [9.17, 15) is 0 Å². The van der Waals surface area contributed by atoms with Crippen LogP contribution < -0.4 is 5.32 Å². The van der Waals surface area contributed by atoms with Crippen LogP contribution in [-0.4, -0.2) is 72.3 Å². The van der Waals surface area contributed by atoms with Crippen molar-refractivity contribution in [2.24, 2.45) is 0 Å². The van der Waals surface area contributed by atoms with E-state index in [0.717, 1.165) is 25.7 Å². The number of morpholine rings is 1. The van der Waals surface area contributed by atoms with Crippen LogP contribution in [0.1, 0.15) is 20.3 Å². The number of nitrogens with one attached hydrogen (secondary N) is 1. The molecule has 19 heavy (non-hydrogen) atoms. The number of nitrogens with zero attached hydrogens (tertiary/aromatic N) is 1. The van der Waals surface area contributed by atoms with Crippen molar-refractivity contribution in [3.63, 3.8) is 0 Å². The lowest BCUT2D eigenvalue weighted by atomic mass is 10.2. The molecule has 2 aliphatic rings. The predicted molar refractivity (Wildman–Crippen MR) is 87.5 cm³/mol. The van der Waals surface area contributed by atoms with E-state index >= 15 is 0 Å². The molecule has 0 spiro atoms. The number of rotatable bonds is 5. The smallest absolute Gasteiger partial charge is 0.0678 e. The van der Waals surface area contributed by atoms with Gasteiger partial charge in [0.15, 0.2) is 0 Å². The van der Waals surface area contributed by atoms with Crippen molar-refractivity contribution in [2.75, 3.05) is 49.2 Å². The molecule has 0 aliphatic carbocycles. The maximum absolute atomic E-state index is 5.77. The minimum Gasteiger partial charge on any atom is -0.373 e. The van der Waals surface area contributed by atoms with E-state index in [1.807, 2.05) is 0 Å². The summed E-state index contributed by atoms with van der Waals surface area (Å²) in [5, 5.41) is 3.72. The van der Waals surface area contributed by atoms with Crippen molar-refractivity contribution in [3.8, 4) is 0 Å². The summed E-state index contributed by atoms with van der Waals surface area (Å²) in [6.07, 6.45) is 2.04. The highest BCUT2D eigenvalue weighted by molar-refractivity contribution is 8.03. The maximum Gasteiger partial charge on any atom is 0.0678 e. The Morgan fingerprint density at radius 3 is 2.37 bits per heavy atom. The molecule has 0 amide bonds. The summed E-state index contributed by atoms with van der Waals surface area (Å²) in [5.41, 5.74) is 0. The minimum atomic E-state index is 0.395. The first kappa shape index (κ1) is 16.0. The van der Waals surface area contributed by atoms with Gasteiger partial charge in [-0.1, -0.05) is 0 Å². The Bertz CT molecular complexity index is 238. The Balaban J connectivity index is 1.55. The van der Waals surface area contributed by atoms with Gasteiger partial charge in [0.2, 0.25) is 0 Å². The summed E-state index contributed by atoms with van der Waals surface area (Å²) < 4.78 is 5.77. The Morgan fingerprint density at radius 1 is 1.11 bits per heavy atom. The molecule has 0 aromatic rings. The van der Waals surface area contributed by atoms with Crippen molar-refractivity contribution >= 4 is 23.5 Å². The molecule has 1 N–H and O–H groups in total. The molecule has 0 aromatic heterocycles. The molecule has 2 heterocycles. The quantitative estimate of drug-likeness (QED) is 0.783. The first-order valence-corrected chi connectivity index (χ1v) is 9.81. The standard InChI is InChI=1S/C14H28N2OS2/c1-12-8-16(9-13(2)17-12)5-3-4-15-14-10-18-6-7-19-11-14/h12-15H,3-11H2,1-2H3/t12-,13+. The van der Waals surface area contributed by atoms with Gasteiger partial charge in [-0.15, -0.1) is 0 Å². The summed E-state index contributed by atoms with van der Waals surface area (Å²) in [4.78, 5) is 2.55. The minimum absolute atomic E-state index is 0.395. The van der Waals surface area contributed by atoms with Crippen molar-refractivity contribution in [1.29, 1.82) is 0 Å². The Kier molecular flexibility index (Phi) is 7.37. The third-order valence-corrected chi connectivity index (χ3v) is 6.11. The fourth-order valence-electron chi connectivity index (χ4n) is 2.81. The first-order valence-electron chi connectivity index (χ1n) is 7.50. The summed E-state index contributed by atoms with van der Waals surface area (Å²) in [7, 11) is 0. The molecule has 0 radical (unpaired) electrons. The Labute approximate surface area is 126 Å². The van der Waals surface area contributed by atoms with E-state index in [4.69, 9.17) is 4.74 Å². The van der Waals surface area contributed by atoms with E-state index in [-0.39, 0.29) is 0 Å². The lowest BCUT2D eigenvalue weighted by Gasteiger charge is -2.35. The molecule has 0 saturated carbocycles. The largest absolute Gasteiger partial charge is 0.373 e. The summed E-state index contributed by atoms with van der Waals surface area (Å²) >= 11 is 4.20. The van der Waals surface area contributed by atoms with Gasteiger partial charge < -0.3 is 10.1 Å². The summed E-state index contributed by atoms with van der Waals surface area (Å²) in [6.45, 7) is 8.92. The van der Waals surface area contributed by atoms with E-state index in [1.165, 1.54) is 36.0 Å². The normalized spacial score (nSPS) is 31.3. The van der Waals surface area contributed by atoms with Crippen LogP contribution in [-0.2, 0) is 4.74 Å². The van der Waals surface area contributed by atoms with Crippen molar-refractivity contribution in [3.05, 3.63) is 0 Å². The fraction of sp³-hybridized carbons (Fsp3) is 1.00. The lowest BCUT2D eigenvalue weighted by Crippen LogP contribution is -2.46. The SMILES string of the molecule is C[C@@H]1CN(CCCNC2CSCCSC2)C[C@H](C)O1. The average Bonchev–Trinajstić information content (AvgIpc) is 2.62. The molecule has 0 aromatic carbocycles. The third-order valence-electron chi connectivity index (χ3n) is 3.59. The van der Waals surface area contributed by atoms with Gasteiger partial charge in [0.25, 0.3) is 0 Å². The van der Waals surface area contributed by atoms with E-state index in [1.54, 1.807) is 0 Å². The first-order chi connectivity index (χ1) is 9.24. The van der Waals surface area contributed by atoms with Gasteiger partial charge in [-0.25, -0.2) is 0 Å². The zero-order chi connectivity index (χ0) is 13.5. The molecule has 2 saturated heterocycles. The van der Waals surface area contributed by atoms with Crippen molar-refractivity contribution < 1.29 is 4.74 Å². The molecule has 2 fully saturated rings. The number of hydrogen-bond donors (Lipinski definition) is 1. The Hall–Kier alpha value is 0.580. The van der Waals surface area contributed by atoms with E-state index in [2.05, 4.69) is 47.6 Å². The van der Waals surface area contributed by atoms with Crippen LogP contribution in [0.2, 0.25) is 0 Å². The number of ether oxygens (including phenoxy) is 1. The molecular formula is C14H28N2OS2. The zero-order valence-corrected chi connectivity index (χ0v) is 13.9. The molecular weight excluding hydrogens is 276 g/mol. The van der Waals surface area contributed by atoms with Gasteiger partial charge in [-0.3, -0.25) is 4.90 Å².